The summed E-state index contributed by atoms with van der Waals surface area (Å²) in [6.07, 6.45) is -2.34. The van der Waals surface area contributed by atoms with Gasteiger partial charge in [-0.15, -0.1) is 17.7 Å². The van der Waals surface area contributed by atoms with Gasteiger partial charge in [-0.3, -0.25) is 0 Å². The zero-order valence-electron chi connectivity index (χ0n) is 9.43. The van der Waals surface area contributed by atoms with E-state index < -0.39 is 13.6 Å². The molecule has 0 unspecified atom stereocenters. The van der Waals surface area contributed by atoms with E-state index in [4.69, 9.17) is 0 Å². The molecule has 0 radical (unpaired) electrons. The van der Waals surface area contributed by atoms with Crippen molar-refractivity contribution in [3.8, 4) is 0 Å². The van der Waals surface area contributed by atoms with Gasteiger partial charge in [0, 0.05) is 31.9 Å². The molecule has 0 fully saturated rings. The molecule has 0 aliphatic rings. The van der Waals surface area contributed by atoms with Gasteiger partial charge in [-0.05, 0) is 0 Å². The zero-order chi connectivity index (χ0) is 14.6. The summed E-state index contributed by atoms with van der Waals surface area (Å²) in [5.74, 6) is 0. The SMILES string of the molecule is CN(C)c1cc[n+](C(F)(F)F)cc1.F[B-](F)(F)F. The minimum Gasteiger partial charge on any atom is -0.418 e. The second kappa shape index (κ2) is 5.92. The highest BCUT2D eigenvalue weighted by molar-refractivity contribution is 6.50. The van der Waals surface area contributed by atoms with Crippen LogP contribution in [-0.4, -0.2) is 21.3 Å². The van der Waals surface area contributed by atoms with Gasteiger partial charge in [0.2, 0.25) is 0 Å². The maximum Gasteiger partial charge on any atom is 0.673 e. The molecule has 0 atom stereocenters. The van der Waals surface area contributed by atoms with E-state index in [1.54, 1.807) is 19.0 Å². The maximum atomic E-state index is 12.1. The highest BCUT2D eigenvalue weighted by atomic mass is 19.5. The molecule has 1 rings (SSSR count). The molecule has 2 nitrogen and oxygen atoms in total. The Morgan fingerprint density at radius 1 is 1.00 bits per heavy atom. The van der Waals surface area contributed by atoms with E-state index in [9.17, 15) is 30.4 Å². The molecule has 0 saturated carbocycles. The normalized spacial score (nSPS) is 11.6. The molecule has 0 amide bonds. The minimum absolute atomic E-state index is 0.208. The summed E-state index contributed by atoms with van der Waals surface area (Å²) >= 11 is 0. The quantitative estimate of drug-likeness (QED) is 0.435. The minimum atomic E-state index is -6.00. The number of hydrogen-bond acceptors (Lipinski definition) is 1. The first-order chi connectivity index (χ1) is 7.91. The Kier molecular flexibility index (Phi) is 5.43. The van der Waals surface area contributed by atoms with Crippen molar-refractivity contribution in [1.82, 2.24) is 0 Å². The highest BCUT2D eigenvalue weighted by Crippen LogP contribution is 2.15. The topological polar surface area (TPSA) is 7.12 Å². The predicted octanol–water partition coefficient (Wildman–Crippen LogP) is 2.82. The van der Waals surface area contributed by atoms with E-state index in [0.29, 0.717) is 0 Å². The maximum absolute atomic E-state index is 12.1. The van der Waals surface area contributed by atoms with Crippen LogP contribution in [-0.2, 0) is 6.30 Å². The Morgan fingerprint density at radius 3 is 1.56 bits per heavy atom. The molecule has 1 heterocycles. The molecular formula is C8H10BF7N2. The first-order valence-electron chi connectivity index (χ1n) is 4.54. The van der Waals surface area contributed by atoms with Gasteiger partial charge in [-0.25, -0.2) is 0 Å². The van der Waals surface area contributed by atoms with Gasteiger partial charge < -0.3 is 22.2 Å². The molecule has 1 aromatic rings. The van der Waals surface area contributed by atoms with Crippen molar-refractivity contribution in [3.63, 3.8) is 0 Å². The van der Waals surface area contributed by atoms with Crippen LogP contribution in [0.3, 0.4) is 0 Å². The zero-order valence-corrected chi connectivity index (χ0v) is 9.43. The first-order valence-corrected chi connectivity index (χ1v) is 4.54. The number of rotatable bonds is 1. The van der Waals surface area contributed by atoms with Gasteiger partial charge in [0.1, 0.15) is 0 Å². The third-order valence-electron chi connectivity index (χ3n) is 1.62. The smallest absolute Gasteiger partial charge is 0.418 e. The molecule has 0 aliphatic heterocycles. The number of halogens is 7. The lowest BCUT2D eigenvalue weighted by Gasteiger charge is -2.10. The molecule has 0 spiro atoms. The summed E-state index contributed by atoms with van der Waals surface area (Å²) in [5, 5.41) is 0. The third kappa shape index (κ3) is 7.74. The Morgan fingerprint density at radius 2 is 1.33 bits per heavy atom. The lowest BCUT2D eigenvalue weighted by molar-refractivity contribution is -0.854. The lowest BCUT2D eigenvalue weighted by atomic mass is 10.3. The van der Waals surface area contributed by atoms with Crippen molar-refractivity contribution >= 4 is 12.9 Å². The highest BCUT2D eigenvalue weighted by Gasteiger charge is 2.40. The summed E-state index contributed by atoms with van der Waals surface area (Å²) in [6, 6.07) is 2.82. The van der Waals surface area contributed by atoms with Gasteiger partial charge in [-0.2, -0.15) is 0 Å². The van der Waals surface area contributed by atoms with E-state index in [0.717, 1.165) is 18.1 Å². The van der Waals surface area contributed by atoms with Crippen LogP contribution in [0.1, 0.15) is 0 Å². The fourth-order valence-corrected chi connectivity index (χ4v) is 0.886. The molecule has 18 heavy (non-hydrogen) atoms. The molecule has 0 saturated heterocycles. The monoisotopic (exact) mass is 278 g/mol. The van der Waals surface area contributed by atoms with Crippen LogP contribution in [0, 0.1) is 0 Å². The molecule has 0 aliphatic carbocycles. The van der Waals surface area contributed by atoms with Crippen LogP contribution in [0.5, 0.6) is 0 Å². The second-order valence-corrected chi connectivity index (χ2v) is 3.32. The number of hydrogen-bond donors (Lipinski definition) is 0. The summed E-state index contributed by atoms with van der Waals surface area (Å²) in [6.45, 7) is 0. The Balaban J connectivity index is 0.000000494. The van der Waals surface area contributed by atoms with E-state index in [1.165, 1.54) is 12.1 Å². The van der Waals surface area contributed by atoms with Crippen molar-refractivity contribution < 1.29 is 35.0 Å². The molecular weight excluding hydrogens is 268 g/mol. The fraction of sp³-hybridized carbons (Fsp3) is 0.375. The molecule has 104 valence electrons. The van der Waals surface area contributed by atoms with Crippen LogP contribution in [0.25, 0.3) is 0 Å². The predicted molar refractivity (Wildman–Crippen MR) is 52.4 cm³/mol. The van der Waals surface area contributed by atoms with Crippen molar-refractivity contribution in [2.75, 3.05) is 19.0 Å². The molecule has 1 aromatic heterocycles. The summed E-state index contributed by atoms with van der Waals surface area (Å²) in [4.78, 5) is 1.74. The lowest BCUT2D eigenvalue weighted by Crippen LogP contribution is -2.46. The van der Waals surface area contributed by atoms with Crippen LogP contribution in [0.2, 0.25) is 0 Å². The summed E-state index contributed by atoms with van der Waals surface area (Å²) in [7, 11) is -2.46. The van der Waals surface area contributed by atoms with E-state index in [-0.39, 0.29) is 4.57 Å². The number of nitrogens with zero attached hydrogens (tertiary/aromatic N) is 2. The molecule has 10 heteroatoms. The Bertz CT molecular complexity index is 351. The number of alkyl halides is 3. The fourth-order valence-electron chi connectivity index (χ4n) is 0.886. The van der Waals surface area contributed by atoms with Crippen LogP contribution >= 0.6 is 0 Å². The average molecular weight is 278 g/mol. The largest absolute Gasteiger partial charge is 0.673 e. The molecule has 0 aromatic carbocycles. The van der Waals surface area contributed by atoms with Crippen molar-refractivity contribution in [2.45, 2.75) is 6.30 Å². The van der Waals surface area contributed by atoms with Gasteiger partial charge in [0.05, 0.1) is 0 Å². The summed E-state index contributed by atoms with van der Waals surface area (Å²) < 4.78 is 75.4. The van der Waals surface area contributed by atoms with Gasteiger partial charge >= 0.3 is 13.6 Å². The Hall–Kier alpha value is -1.48. The molecule has 0 N–H and O–H groups in total. The number of pyridine rings is 1. The van der Waals surface area contributed by atoms with Crippen molar-refractivity contribution in [1.29, 1.82) is 0 Å². The van der Waals surface area contributed by atoms with E-state index in [2.05, 4.69) is 0 Å². The van der Waals surface area contributed by atoms with Gasteiger partial charge in [0.15, 0.2) is 12.4 Å². The Labute approximate surface area is 98.7 Å². The second-order valence-electron chi connectivity index (χ2n) is 3.32. The standard InChI is InChI=1S/C8H10F3N2.BF4/c1-12(2)7-3-5-13(6-4-7)8(9,10)11;2-1(3,4)5/h3-6H,1-2H3;/q+1;-1. The van der Waals surface area contributed by atoms with Crippen molar-refractivity contribution in [3.05, 3.63) is 24.5 Å². The number of anilines is 1. The van der Waals surface area contributed by atoms with Crippen LogP contribution in [0.4, 0.5) is 36.1 Å². The van der Waals surface area contributed by atoms with Crippen LogP contribution in [0.15, 0.2) is 24.5 Å². The van der Waals surface area contributed by atoms with E-state index in [1.807, 2.05) is 0 Å². The summed E-state index contributed by atoms with van der Waals surface area (Å²) in [5.41, 5.74) is 0.737. The van der Waals surface area contributed by atoms with Crippen LogP contribution < -0.4 is 9.47 Å². The average Bonchev–Trinajstić information content (AvgIpc) is 2.14. The van der Waals surface area contributed by atoms with Crippen molar-refractivity contribution in [2.24, 2.45) is 0 Å². The van der Waals surface area contributed by atoms with Gasteiger partial charge in [-0.1, -0.05) is 0 Å². The van der Waals surface area contributed by atoms with Gasteiger partial charge in [0.25, 0.3) is 0 Å². The van der Waals surface area contributed by atoms with E-state index >= 15 is 0 Å². The molecule has 0 bridgehead atoms. The third-order valence-corrected chi connectivity index (χ3v) is 1.62. The first kappa shape index (κ1) is 16.5. The number of aromatic nitrogens is 1.